The Morgan fingerprint density at radius 2 is 2.06 bits per heavy atom. The monoisotopic (exact) mass is 208 g/mol. The largest absolute Gasteiger partial charge is 0.456 e. The van der Waals surface area contributed by atoms with Gasteiger partial charge in [-0.05, 0) is 29.8 Å². The molecule has 0 aliphatic carbocycles. The Labute approximate surface area is 94.9 Å². The van der Waals surface area contributed by atoms with Crippen LogP contribution in [0.5, 0.6) is 11.5 Å². The minimum absolute atomic E-state index is 0.709. The molecular formula is C14H10NO. The molecule has 77 valence electrons. The first-order valence-electron chi connectivity index (χ1n) is 4.86. The Bertz CT molecular complexity index is 500. The van der Waals surface area contributed by atoms with E-state index in [0.29, 0.717) is 5.75 Å². The molecule has 2 heteroatoms. The second-order valence-corrected chi connectivity index (χ2v) is 3.17. The van der Waals surface area contributed by atoms with Gasteiger partial charge < -0.3 is 4.74 Å². The molecule has 0 saturated heterocycles. The summed E-state index contributed by atoms with van der Waals surface area (Å²) in [5.41, 5.74) is 0.948. The van der Waals surface area contributed by atoms with Crippen LogP contribution in [0.15, 0.2) is 48.8 Å². The molecule has 0 atom stereocenters. The van der Waals surface area contributed by atoms with Gasteiger partial charge in [0.15, 0.2) is 0 Å². The van der Waals surface area contributed by atoms with Gasteiger partial charge in [0.25, 0.3) is 0 Å². The van der Waals surface area contributed by atoms with Crippen molar-refractivity contribution < 1.29 is 4.74 Å². The predicted molar refractivity (Wildman–Crippen MR) is 63.0 cm³/mol. The zero-order valence-corrected chi connectivity index (χ0v) is 8.63. The second-order valence-electron chi connectivity index (χ2n) is 3.17. The van der Waals surface area contributed by atoms with Crippen LogP contribution < -0.4 is 4.74 Å². The summed E-state index contributed by atoms with van der Waals surface area (Å²) in [6.45, 7) is 0. The molecule has 0 aliphatic heterocycles. The predicted octanol–water partition coefficient (Wildman–Crippen LogP) is 3.06. The minimum atomic E-state index is 0.709. The summed E-state index contributed by atoms with van der Waals surface area (Å²) in [6.07, 6.45) is 10.3. The maximum Gasteiger partial charge on any atom is 0.145 e. The lowest BCUT2D eigenvalue weighted by atomic mass is 10.1. The van der Waals surface area contributed by atoms with E-state index in [-0.39, 0.29) is 0 Å². The first-order chi connectivity index (χ1) is 7.88. The number of nitrogens with zero attached hydrogens (tertiary/aromatic N) is 1. The quantitative estimate of drug-likeness (QED) is 0.723. The van der Waals surface area contributed by atoms with Crippen LogP contribution in [-0.2, 0) is 0 Å². The van der Waals surface area contributed by atoms with Gasteiger partial charge in [0.05, 0.1) is 12.6 Å². The molecule has 2 nitrogen and oxygen atoms in total. The Morgan fingerprint density at radius 3 is 2.81 bits per heavy atom. The fourth-order valence-corrected chi connectivity index (χ4v) is 1.31. The highest BCUT2D eigenvalue weighted by Gasteiger charge is 1.98. The number of benzene rings is 1. The smallest absolute Gasteiger partial charge is 0.145 e. The van der Waals surface area contributed by atoms with Crippen molar-refractivity contribution in [2.24, 2.45) is 0 Å². The van der Waals surface area contributed by atoms with Crippen LogP contribution in [0, 0.1) is 18.8 Å². The number of rotatable bonds is 3. The highest BCUT2D eigenvalue weighted by Crippen LogP contribution is 2.21. The van der Waals surface area contributed by atoms with E-state index in [2.05, 4.69) is 10.9 Å². The number of ether oxygens (including phenoxy) is 1. The Balaban J connectivity index is 2.16. The van der Waals surface area contributed by atoms with Gasteiger partial charge in [0.2, 0.25) is 0 Å². The highest BCUT2D eigenvalue weighted by molar-refractivity contribution is 5.39. The fourth-order valence-electron chi connectivity index (χ4n) is 1.31. The van der Waals surface area contributed by atoms with E-state index in [4.69, 9.17) is 11.2 Å². The third kappa shape index (κ3) is 2.61. The summed E-state index contributed by atoms with van der Waals surface area (Å²) in [5.74, 6) is 3.94. The molecule has 1 aromatic carbocycles. The third-order valence-electron chi connectivity index (χ3n) is 1.98. The van der Waals surface area contributed by atoms with Gasteiger partial charge in [-0.2, -0.15) is 0 Å². The standard InChI is InChI=1S/C14H10NO/c1-2-5-12-6-3-7-13(10-12)16-14-8-4-9-15-11-14/h1,3-11H. The van der Waals surface area contributed by atoms with E-state index in [1.807, 2.05) is 36.4 Å². The molecule has 2 aromatic rings. The first kappa shape index (κ1) is 10.3. The van der Waals surface area contributed by atoms with Crippen LogP contribution in [0.4, 0.5) is 0 Å². The maximum absolute atomic E-state index is 5.61. The molecule has 0 saturated carbocycles. The van der Waals surface area contributed by atoms with E-state index in [0.717, 1.165) is 11.3 Å². The van der Waals surface area contributed by atoms with Crippen molar-refractivity contribution in [3.05, 3.63) is 60.8 Å². The summed E-state index contributed by atoms with van der Waals surface area (Å²) in [5, 5.41) is 0. The normalized spacial score (nSPS) is 9.44. The van der Waals surface area contributed by atoms with Crippen molar-refractivity contribution in [3.8, 4) is 23.8 Å². The maximum atomic E-state index is 5.61. The van der Waals surface area contributed by atoms with Gasteiger partial charge in [-0.3, -0.25) is 4.98 Å². The van der Waals surface area contributed by atoms with Crippen LogP contribution in [0.1, 0.15) is 5.56 Å². The number of aromatic nitrogens is 1. The average molecular weight is 208 g/mol. The van der Waals surface area contributed by atoms with Gasteiger partial charge in [0.1, 0.15) is 11.5 Å². The van der Waals surface area contributed by atoms with E-state index in [1.54, 1.807) is 18.8 Å². The van der Waals surface area contributed by atoms with E-state index >= 15 is 0 Å². The van der Waals surface area contributed by atoms with E-state index in [1.165, 1.54) is 0 Å². The Morgan fingerprint density at radius 1 is 1.19 bits per heavy atom. The van der Waals surface area contributed by atoms with Crippen molar-refractivity contribution in [3.63, 3.8) is 0 Å². The molecule has 0 bridgehead atoms. The molecule has 1 radical (unpaired) electrons. The van der Waals surface area contributed by atoms with Gasteiger partial charge in [-0.1, -0.05) is 18.1 Å². The molecular weight excluding hydrogens is 198 g/mol. The molecule has 1 heterocycles. The van der Waals surface area contributed by atoms with Crippen molar-refractivity contribution in [1.82, 2.24) is 4.98 Å². The molecule has 0 fully saturated rings. The van der Waals surface area contributed by atoms with Crippen LogP contribution in [-0.4, -0.2) is 4.98 Å². The molecule has 0 aliphatic rings. The zero-order chi connectivity index (χ0) is 11.2. The number of pyridine rings is 1. The van der Waals surface area contributed by atoms with Crippen LogP contribution in [0.25, 0.3) is 0 Å². The van der Waals surface area contributed by atoms with Crippen molar-refractivity contribution in [1.29, 1.82) is 0 Å². The minimum Gasteiger partial charge on any atom is -0.456 e. The third-order valence-corrected chi connectivity index (χ3v) is 1.98. The topological polar surface area (TPSA) is 22.1 Å². The summed E-state index contributed by atoms with van der Waals surface area (Å²) in [6, 6.07) is 11.3. The van der Waals surface area contributed by atoms with E-state index < -0.39 is 0 Å². The zero-order valence-electron chi connectivity index (χ0n) is 8.63. The lowest BCUT2D eigenvalue weighted by Crippen LogP contribution is -1.86. The lowest BCUT2D eigenvalue weighted by Gasteiger charge is -2.05. The Hall–Kier alpha value is -2.27. The SMILES string of the molecule is C#C[CH]c1cccc(Oc2cccnc2)c1. The summed E-state index contributed by atoms with van der Waals surface area (Å²) >= 11 is 0. The molecule has 2 rings (SSSR count). The summed E-state index contributed by atoms with van der Waals surface area (Å²) in [7, 11) is 0. The van der Waals surface area contributed by atoms with Crippen LogP contribution in [0.3, 0.4) is 0 Å². The molecule has 1 aromatic heterocycles. The molecule has 0 unspecified atom stereocenters. The van der Waals surface area contributed by atoms with Crippen molar-refractivity contribution >= 4 is 0 Å². The average Bonchev–Trinajstić information content (AvgIpc) is 2.31. The molecule has 0 N–H and O–H groups in total. The van der Waals surface area contributed by atoms with Crippen molar-refractivity contribution in [2.75, 3.05) is 0 Å². The second kappa shape index (κ2) is 4.99. The van der Waals surface area contributed by atoms with Gasteiger partial charge in [-0.15, -0.1) is 6.42 Å². The summed E-state index contributed by atoms with van der Waals surface area (Å²) in [4.78, 5) is 3.97. The van der Waals surface area contributed by atoms with Gasteiger partial charge >= 0.3 is 0 Å². The first-order valence-corrected chi connectivity index (χ1v) is 4.86. The number of hydrogen-bond acceptors (Lipinski definition) is 2. The van der Waals surface area contributed by atoms with Gasteiger partial charge in [-0.25, -0.2) is 0 Å². The summed E-state index contributed by atoms with van der Waals surface area (Å²) < 4.78 is 5.61. The lowest BCUT2D eigenvalue weighted by molar-refractivity contribution is 0.480. The molecule has 0 amide bonds. The molecule has 0 spiro atoms. The number of hydrogen-bond donors (Lipinski definition) is 0. The van der Waals surface area contributed by atoms with Crippen molar-refractivity contribution in [2.45, 2.75) is 0 Å². The van der Waals surface area contributed by atoms with Crippen LogP contribution >= 0.6 is 0 Å². The van der Waals surface area contributed by atoms with E-state index in [9.17, 15) is 0 Å². The fraction of sp³-hybridized carbons (Fsp3) is 0. The van der Waals surface area contributed by atoms with Gasteiger partial charge in [0, 0.05) is 6.20 Å². The molecule has 16 heavy (non-hydrogen) atoms. The Kier molecular flexibility index (Phi) is 3.20. The number of terminal acetylenes is 1. The highest BCUT2D eigenvalue weighted by atomic mass is 16.5. The van der Waals surface area contributed by atoms with Crippen LogP contribution in [0.2, 0.25) is 0 Å².